The van der Waals surface area contributed by atoms with Crippen LogP contribution in [-0.2, 0) is 4.74 Å². The summed E-state index contributed by atoms with van der Waals surface area (Å²) < 4.78 is 5.64. The van der Waals surface area contributed by atoms with Gasteiger partial charge in [0.25, 0.3) is 5.91 Å². The Labute approximate surface area is 120 Å². The molecule has 0 saturated carbocycles. The maximum absolute atomic E-state index is 12.1. The molecule has 5 heteroatoms. The molecule has 0 spiro atoms. The van der Waals surface area contributed by atoms with Gasteiger partial charge in [0.05, 0.1) is 24.1 Å². The van der Waals surface area contributed by atoms with Gasteiger partial charge in [-0.1, -0.05) is 0 Å². The fraction of sp³-hybridized carbons (Fsp3) is 0.533. The molecule has 1 saturated heterocycles. The molecule has 1 fully saturated rings. The first-order valence-corrected chi connectivity index (χ1v) is 6.89. The van der Waals surface area contributed by atoms with E-state index in [0.29, 0.717) is 17.9 Å². The molecule has 1 aromatic rings. The van der Waals surface area contributed by atoms with E-state index in [1.807, 2.05) is 13.0 Å². The third-order valence-corrected chi connectivity index (χ3v) is 3.60. The predicted molar refractivity (Wildman–Crippen MR) is 81.1 cm³/mol. The summed E-state index contributed by atoms with van der Waals surface area (Å²) in [6, 6.07) is 5.71. The van der Waals surface area contributed by atoms with Crippen molar-refractivity contribution in [2.45, 2.75) is 26.0 Å². The van der Waals surface area contributed by atoms with Gasteiger partial charge in [0, 0.05) is 32.2 Å². The number of hydrogen-bond acceptors (Lipinski definition) is 4. The molecule has 1 aliphatic heterocycles. The zero-order valence-electron chi connectivity index (χ0n) is 12.6. The van der Waals surface area contributed by atoms with Crippen LogP contribution in [0.1, 0.15) is 24.2 Å². The van der Waals surface area contributed by atoms with Crippen molar-refractivity contribution < 1.29 is 9.53 Å². The number of benzene rings is 1. The van der Waals surface area contributed by atoms with Crippen molar-refractivity contribution in [2.24, 2.45) is 0 Å². The minimum atomic E-state index is -0.0137. The Morgan fingerprint density at radius 1 is 1.40 bits per heavy atom. The third-order valence-electron chi connectivity index (χ3n) is 3.60. The number of hydrogen-bond donors (Lipinski definition) is 1. The van der Waals surface area contributed by atoms with E-state index >= 15 is 0 Å². The molecule has 0 radical (unpaired) electrons. The first kappa shape index (κ1) is 14.7. The molecule has 2 unspecified atom stereocenters. The Morgan fingerprint density at radius 2 is 2.10 bits per heavy atom. The van der Waals surface area contributed by atoms with Crippen LogP contribution in [0, 0.1) is 0 Å². The van der Waals surface area contributed by atoms with Crippen molar-refractivity contribution in [3.8, 4) is 0 Å². The van der Waals surface area contributed by atoms with Crippen LogP contribution in [0.25, 0.3) is 0 Å². The Hall–Kier alpha value is -1.75. The minimum absolute atomic E-state index is 0.0137. The van der Waals surface area contributed by atoms with Gasteiger partial charge in [-0.15, -0.1) is 0 Å². The molecule has 0 aliphatic carbocycles. The SMILES string of the molecule is CC1CN(c2cc(C(=O)N(C)C)ccc2N)C(C)CO1. The molecule has 1 aromatic carbocycles. The highest BCUT2D eigenvalue weighted by atomic mass is 16.5. The first-order chi connectivity index (χ1) is 9.40. The van der Waals surface area contributed by atoms with Crippen LogP contribution in [0.3, 0.4) is 0 Å². The van der Waals surface area contributed by atoms with Crippen LogP contribution in [0.5, 0.6) is 0 Å². The van der Waals surface area contributed by atoms with Crippen LogP contribution in [-0.4, -0.2) is 50.2 Å². The lowest BCUT2D eigenvalue weighted by Crippen LogP contribution is -2.47. The third kappa shape index (κ3) is 2.88. The fourth-order valence-electron chi connectivity index (χ4n) is 2.42. The topological polar surface area (TPSA) is 58.8 Å². The smallest absolute Gasteiger partial charge is 0.253 e. The van der Waals surface area contributed by atoms with Gasteiger partial charge in [0.15, 0.2) is 0 Å². The number of amides is 1. The van der Waals surface area contributed by atoms with Crippen LogP contribution >= 0.6 is 0 Å². The lowest BCUT2D eigenvalue weighted by Gasteiger charge is -2.39. The Kier molecular flexibility index (Phi) is 4.18. The molecule has 1 amide bonds. The van der Waals surface area contributed by atoms with Crippen molar-refractivity contribution in [1.29, 1.82) is 0 Å². The van der Waals surface area contributed by atoms with Crippen LogP contribution < -0.4 is 10.6 Å². The molecule has 1 heterocycles. The van der Waals surface area contributed by atoms with Crippen LogP contribution in [0.2, 0.25) is 0 Å². The second-order valence-electron chi connectivity index (χ2n) is 5.62. The average molecular weight is 277 g/mol. The maximum Gasteiger partial charge on any atom is 0.253 e. The summed E-state index contributed by atoms with van der Waals surface area (Å²) in [4.78, 5) is 15.9. The van der Waals surface area contributed by atoms with Gasteiger partial charge in [0.1, 0.15) is 0 Å². The van der Waals surface area contributed by atoms with E-state index in [4.69, 9.17) is 10.5 Å². The Balaban J connectivity index is 2.35. The van der Waals surface area contributed by atoms with Gasteiger partial charge >= 0.3 is 0 Å². The van der Waals surface area contributed by atoms with E-state index in [9.17, 15) is 4.79 Å². The van der Waals surface area contributed by atoms with Gasteiger partial charge in [0.2, 0.25) is 0 Å². The van der Waals surface area contributed by atoms with E-state index in [-0.39, 0.29) is 18.1 Å². The van der Waals surface area contributed by atoms with Crippen molar-refractivity contribution in [2.75, 3.05) is 37.9 Å². The van der Waals surface area contributed by atoms with Crippen molar-refractivity contribution in [1.82, 2.24) is 4.90 Å². The number of carbonyl (C=O) groups excluding carboxylic acids is 1. The molecule has 2 rings (SSSR count). The van der Waals surface area contributed by atoms with Gasteiger partial charge in [-0.2, -0.15) is 0 Å². The second kappa shape index (κ2) is 5.71. The molecule has 0 bridgehead atoms. The first-order valence-electron chi connectivity index (χ1n) is 6.89. The van der Waals surface area contributed by atoms with E-state index in [0.717, 1.165) is 12.2 Å². The van der Waals surface area contributed by atoms with Crippen molar-refractivity contribution in [3.63, 3.8) is 0 Å². The number of nitrogens with zero attached hydrogens (tertiary/aromatic N) is 2. The summed E-state index contributed by atoms with van der Waals surface area (Å²) in [5, 5.41) is 0. The number of morpholine rings is 1. The molecule has 2 N–H and O–H groups in total. The van der Waals surface area contributed by atoms with Gasteiger partial charge < -0.3 is 20.3 Å². The highest BCUT2D eigenvalue weighted by Gasteiger charge is 2.25. The monoisotopic (exact) mass is 277 g/mol. The molecule has 20 heavy (non-hydrogen) atoms. The molecule has 110 valence electrons. The van der Waals surface area contributed by atoms with E-state index in [1.165, 1.54) is 0 Å². The zero-order valence-corrected chi connectivity index (χ0v) is 12.6. The quantitative estimate of drug-likeness (QED) is 0.834. The highest BCUT2D eigenvalue weighted by molar-refractivity contribution is 5.96. The summed E-state index contributed by atoms with van der Waals surface area (Å²) in [5.41, 5.74) is 8.37. The molecule has 5 nitrogen and oxygen atoms in total. The standard InChI is InChI=1S/C15H23N3O2/c1-10-9-20-11(2)8-18(10)14-7-12(5-6-13(14)16)15(19)17(3)4/h5-7,10-11H,8-9,16H2,1-4H3. The summed E-state index contributed by atoms with van der Waals surface area (Å²) in [7, 11) is 3.50. The number of anilines is 2. The highest BCUT2D eigenvalue weighted by Crippen LogP contribution is 2.29. The molecule has 0 aromatic heterocycles. The summed E-state index contributed by atoms with van der Waals surface area (Å²) in [6.07, 6.45) is 0.166. The number of nitrogens with two attached hydrogens (primary N) is 1. The van der Waals surface area contributed by atoms with Gasteiger partial charge in [-0.25, -0.2) is 0 Å². The predicted octanol–water partition coefficient (Wildman–Crippen LogP) is 1.58. The van der Waals surface area contributed by atoms with E-state index < -0.39 is 0 Å². The number of nitrogen functional groups attached to an aromatic ring is 1. The van der Waals surface area contributed by atoms with Gasteiger partial charge in [-0.3, -0.25) is 4.79 Å². The van der Waals surface area contributed by atoms with Crippen molar-refractivity contribution >= 4 is 17.3 Å². The maximum atomic E-state index is 12.1. The molecule has 2 atom stereocenters. The van der Waals surface area contributed by atoms with Gasteiger partial charge in [-0.05, 0) is 32.0 Å². The number of rotatable bonds is 2. The molecule has 1 aliphatic rings. The van der Waals surface area contributed by atoms with Crippen LogP contribution in [0.15, 0.2) is 18.2 Å². The second-order valence-corrected chi connectivity index (χ2v) is 5.62. The fourth-order valence-corrected chi connectivity index (χ4v) is 2.42. The Bertz CT molecular complexity index is 502. The normalized spacial score (nSPS) is 22.7. The summed E-state index contributed by atoms with van der Waals surface area (Å²) in [5.74, 6) is -0.0137. The van der Waals surface area contributed by atoms with E-state index in [2.05, 4.69) is 11.8 Å². The van der Waals surface area contributed by atoms with Crippen LogP contribution in [0.4, 0.5) is 11.4 Å². The lowest BCUT2D eigenvalue weighted by atomic mass is 10.1. The largest absolute Gasteiger partial charge is 0.397 e. The van der Waals surface area contributed by atoms with Crippen molar-refractivity contribution in [3.05, 3.63) is 23.8 Å². The Morgan fingerprint density at radius 3 is 2.75 bits per heavy atom. The summed E-state index contributed by atoms with van der Waals surface area (Å²) >= 11 is 0. The minimum Gasteiger partial charge on any atom is -0.397 e. The summed E-state index contributed by atoms with van der Waals surface area (Å²) in [6.45, 7) is 5.60. The zero-order chi connectivity index (χ0) is 14.9. The molecular formula is C15H23N3O2. The number of carbonyl (C=O) groups is 1. The van der Waals surface area contributed by atoms with E-state index in [1.54, 1.807) is 31.1 Å². The lowest BCUT2D eigenvalue weighted by molar-refractivity contribution is 0.0344. The average Bonchev–Trinajstić information content (AvgIpc) is 2.41. The number of ether oxygens (including phenoxy) is 1. The molecular weight excluding hydrogens is 254 g/mol.